The minimum absolute atomic E-state index is 0.317. The van der Waals surface area contributed by atoms with Crippen LogP contribution in [0.3, 0.4) is 0 Å². The van der Waals surface area contributed by atoms with Crippen molar-refractivity contribution in [3.63, 3.8) is 0 Å². The number of benzene rings is 1. The van der Waals surface area contributed by atoms with E-state index in [1.54, 1.807) is 7.11 Å². The molecule has 1 saturated heterocycles. The first-order chi connectivity index (χ1) is 10.1. The number of methoxy groups -OCH3 is 1. The van der Waals surface area contributed by atoms with E-state index >= 15 is 0 Å². The highest BCUT2D eigenvalue weighted by atomic mass is 16.5. The van der Waals surface area contributed by atoms with Crippen LogP contribution in [-0.2, 0) is 22.5 Å². The average Bonchev–Trinajstić information content (AvgIpc) is 2.86. The quantitative estimate of drug-likeness (QED) is 0.853. The highest BCUT2D eigenvalue weighted by Gasteiger charge is 2.46. The third-order valence-electron chi connectivity index (χ3n) is 4.15. The minimum Gasteiger partial charge on any atom is -0.382 e. The van der Waals surface area contributed by atoms with Crippen molar-refractivity contribution in [2.45, 2.75) is 31.3 Å². The van der Waals surface area contributed by atoms with E-state index in [9.17, 15) is 4.79 Å². The monoisotopic (exact) mass is 287 g/mol. The van der Waals surface area contributed by atoms with Crippen molar-refractivity contribution in [2.75, 3.05) is 20.3 Å². The lowest BCUT2D eigenvalue weighted by molar-refractivity contribution is -0.132. The Bertz CT molecular complexity index is 535. The van der Waals surface area contributed by atoms with Gasteiger partial charge < -0.3 is 10.5 Å². The van der Waals surface area contributed by atoms with Gasteiger partial charge in [-0.25, -0.2) is 0 Å². The molecule has 1 amide bonds. The molecule has 1 unspecified atom stereocenters. The Labute approximate surface area is 125 Å². The fourth-order valence-corrected chi connectivity index (χ4v) is 2.99. The molecular weight excluding hydrogens is 266 g/mol. The maximum absolute atomic E-state index is 11.9. The topological polar surface area (TPSA) is 79.3 Å². The smallest absolute Gasteiger partial charge is 0.240 e. The molecular formula is C16H21N3O2. The summed E-state index contributed by atoms with van der Waals surface area (Å²) in [7, 11) is 1.60. The molecule has 0 radical (unpaired) electrons. The molecule has 1 aromatic rings. The van der Waals surface area contributed by atoms with E-state index in [2.05, 4.69) is 11.0 Å². The lowest BCUT2D eigenvalue weighted by Gasteiger charge is -2.35. The average molecular weight is 287 g/mol. The SMILES string of the molecule is COCC1(C(N)=O)CCCN1Cc1ccc(CC#N)cc1. The summed E-state index contributed by atoms with van der Waals surface area (Å²) in [5.41, 5.74) is 7.05. The van der Waals surface area contributed by atoms with E-state index in [0.717, 1.165) is 30.5 Å². The molecule has 112 valence electrons. The van der Waals surface area contributed by atoms with Crippen LogP contribution < -0.4 is 5.73 Å². The van der Waals surface area contributed by atoms with E-state index in [1.807, 2.05) is 24.3 Å². The van der Waals surface area contributed by atoms with Gasteiger partial charge in [-0.1, -0.05) is 24.3 Å². The van der Waals surface area contributed by atoms with E-state index in [0.29, 0.717) is 19.6 Å². The summed E-state index contributed by atoms with van der Waals surface area (Å²) in [6, 6.07) is 10.1. The molecule has 5 heteroatoms. The molecule has 1 fully saturated rings. The van der Waals surface area contributed by atoms with Crippen LogP contribution in [0, 0.1) is 11.3 Å². The standard InChI is InChI=1S/C16H21N3O2/c1-21-12-16(15(18)20)8-2-10-19(16)11-14-5-3-13(4-6-14)7-9-17/h3-6H,2,7-8,10-12H2,1H3,(H2,18,20). The van der Waals surface area contributed by atoms with Gasteiger partial charge in [-0.15, -0.1) is 0 Å². The van der Waals surface area contributed by atoms with Crippen LogP contribution in [0.5, 0.6) is 0 Å². The zero-order valence-corrected chi connectivity index (χ0v) is 12.3. The number of nitrogens with two attached hydrogens (primary N) is 1. The molecule has 5 nitrogen and oxygen atoms in total. The Balaban J connectivity index is 2.13. The molecule has 0 saturated carbocycles. The van der Waals surface area contributed by atoms with Gasteiger partial charge >= 0.3 is 0 Å². The number of nitrogens with zero attached hydrogens (tertiary/aromatic N) is 2. The molecule has 1 aromatic carbocycles. The molecule has 21 heavy (non-hydrogen) atoms. The number of primary amides is 1. The largest absolute Gasteiger partial charge is 0.382 e. The molecule has 1 atom stereocenters. The predicted molar refractivity (Wildman–Crippen MR) is 79.2 cm³/mol. The van der Waals surface area contributed by atoms with Crippen molar-refractivity contribution >= 4 is 5.91 Å². The summed E-state index contributed by atoms with van der Waals surface area (Å²) in [5, 5.41) is 8.68. The van der Waals surface area contributed by atoms with Gasteiger partial charge in [-0.3, -0.25) is 9.69 Å². The van der Waals surface area contributed by atoms with Crippen molar-refractivity contribution in [3.8, 4) is 6.07 Å². The Morgan fingerprint density at radius 3 is 2.67 bits per heavy atom. The van der Waals surface area contributed by atoms with Gasteiger partial charge in [-0.2, -0.15) is 5.26 Å². The Morgan fingerprint density at radius 2 is 2.10 bits per heavy atom. The van der Waals surface area contributed by atoms with Crippen molar-refractivity contribution in [3.05, 3.63) is 35.4 Å². The third-order valence-corrected chi connectivity index (χ3v) is 4.15. The highest BCUT2D eigenvalue weighted by Crippen LogP contribution is 2.31. The lowest BCUT2D eigenvalue weighted by Crippen LogP contribution is -2.56. The first kappa shape index (κ1) is 15.5. The van der Waals surface area contributed by atoms with Crippen LogP contribution in [0.1, 0.15) is 24.0 Å². The van der Waals surface area contributed by atoms with Gasteiger partial charge in [0, 0.05) is 13.7 Å². The molecule has 1 aliphatic heterocycles. The molecule has 1 aliphatic rings. The first-order valence-electron chi connectivity index (χ1n) is 7.11. The molecule has 2 N–H and O–H groups in total. The Kier molecular flexibility index (Phi) is 4.94. The van der Waals surface area contributed by atoms with Gasteiger partial charge in [-0.05, 0) is 30.5 Å². The molecule has 0 aromatic heterocycles. The number of carbonyl (C=O) groups excluding carboxylic acids is 1. The number of hydrogen-bond donors (Lipinski definition) is 1. The number of rotatable bonds is 6. The van der Waals surface area contributed by atoms with Crippen LogP contribution in [0.2, 0.25) is 0 Å². The minimum atomic E-state index is -0.694. The van der Waals surface area contributed by atoms with Crippen LogP contribution in [0.15, 0.2) is 24.3 Å². The normalized spacial score (nSPS) is 22.1. The van der Waals surface area contributed by atoms with E-state index in [-0.39, 0.29) is 5.91 Å². The summed E-state index contributed by atoms with van der Waals surface area (Å²) in [6.07, 6.45) is 2.10. The van der Waals surface area contributed by atoms with Gasteiger partial charge in [0.05, 0.1) is 19.1 Å². The zero-order chi connectivity index (χ0) is 15.3. The summed E-state index contributed by atoms with van der Waals surface area (Å²) in [6.45, 7) is 1.83. The number of ether oxygens (including phenoxy) is 1. The second-order valence-electron chi connectivity index (χ2n) is 5.51. The first-order valence-corrected chi connectivity index (χ1v) is 7.11. The van der Waals surface area contributed by atoms with Crippen molar-refractivity contribution in [1.29, 1.82) is 5.26 Å². The fraction of sp³-hybridized carbons (Fsp3) is 0.500. The van der Waals surface area contributed by atoms with Gasteiger partial charge in [0.1, 0.15) is 5.54 Å². The molecule has 0 bridgehead atoms. The molecule has 1 heterocycles. The summed E-state index contributed by atoms with van der Waals surface area (Å²) in [4.78, 5) is 14.0. The van der Waals surface area contributed by atoms with Crippen LogP contribution in [-0.4, -0.2) is 36.6 Å². The van der Waals surface area contributed by atoms with Crippen molar-refractivity contribution in [1.82, 2.24) is 4.90 Å². The van der Waals surface area contributed by atoms with E-state index < -0.39 is 5.54 Å². The second kappa shape index (κ2) is 6.70. The van der Waals surface area contributed by atoms with Crippen molar-refractivity contribution < 1.29 is 9.53 Å². The van der Waals surface area contributed by atoms with Crippen LogP contribution >= 0.6 is 0 Å². The van der Waals surface area contributed by atoms with E-state index in [1.165, 1.54) is 0 Å². The highest BCUT2D eigenvalue weighted by molar-refractivity contribution is 5.85. The van der Waals surface area contributed by atoms with Gasteiger partial charge in [0.25, 0.3) is 0 Å². The zero-order valence-electron chi connectivity index (χ0n) is 12.3. The van der Waals surface area contributed by atoms with E-state index in [4.69, 9.17) is 15.7 Å². The number of amides is 1. The lowest BCUT2D eigenvalue weighted by atomic mass is 9.95. The molecule has 0 spiro atoms. The summed E-state index contributed by atoms with van der Waals surface area (Å²) in [5.74, 6) is -0.317. The Morgan fingerprint density at radius 1 is 1.43 bits per heavy atom. The summed E-state index contributed by atoms with van der Waals surface area (Å²) < 4.78 is 5.23. The van der Waals surface area contributed by atoms with Gasteiger partial charge in [0.2, 0.25) is 5.91 Å². The maximum atomic E-state index is 11.9. The number of likely N-dealkylation sites (tertiary alicyclic amines) is 1. The number of carbonyl (C=O) groups is 1. The van der Waals surface area contributed by atoms with Crippen LogP contribution in [0.4, 0.5) is 0 Å². The fourth-order valence-electron chi connectivity index (χ4n) is 2.99. The maximum Gasteiger partial charge on any atom is 0.240 e. The molecule has 0 aliphatic carbocycles. The summed E-state index contributed by atoms with van der Waals surface area (Å²) >= 11 is 0. The Hall–Kier alpha value is -1.90. The van der Waals surface area contributed by atoms with Gasteiger partial charge in [0.15, 0.2) is 0 Å². The third kappa shape index (κ3) is 3.23. The molecule has 2 rings (SSSR count). The predicted octanol–water partition coefficient (Wildman–Crippen LogP) is 1.22. The van der Waals surface area contributed by atoms with Crippen molar-refractivity contribution in [2.24, 2.45) is 5.73 Å². The second-order valence-corrected chi connectivity index (χ2v) is 5.51. The number of nitriles is 1. The number of hydrogen-bond acceptors (Lipinski definition) is 4. The van der Waals surface area contributed by atoms with Crippen LogP contribution in [0.25, 0.3) is 0 Å².